The van der Waals surface area contributed by atoms with Gasteiger partial charge in [0.1, 0.15) is 5.82 Å². The molecule has 0 aliphatic carbocycles. The Hall–Kier alpha value is -1.84. The van der Waals surface area contributed by atoms with Crippen molar-refractivity contribution in [3.63, 3.8) is 0 Å². The van der Waals surface area contributed by atoms with Gasteiger partial charge in [0.05, 0.1) is 18.4 Å². The van der Waals surface area contributed by atoms with Crippen LogP contribution in [0.2, 0.25) is 0 Å². The lowest BCUT2D eigenvalue weighted by Gasteiger charge is -2.08. The molecule has 0 radical (unpaired) electrons. The van der Waals surface area contributed by atoms with Crippen LogP contribution in [0.1, 0.15) is 11.4 Å². The third-order valence-corrected chi connectivity index (χ3v) is 2.40. The van der Waals surface area contributed by atoms with Gasteiger partial charge in [0, 0.05) is 25.6 Å². The maximum atomic E-state index is 4.24. The molecule has 4 heteroatoms. The van der Waals surface area contributed by atoms with Gasteiger partial charge < -0.3 is 9.88 Å². The van der Waals surface area contributed by atoms with Crippen LogP contribution in [0, 0.1) is 6.92 Å². The minimum atomic E-state index is 0.718. The molecular weight excluding hydrogens is 188 g/mol. The Morgan fingerprint density at radius 3 is 2.93 bits per heavy atom. The van der Waals surface area contributed by atoms with Crippen molar-refractivity contribution in [3.8, 4) is 0 Å². The van der Waals surface area contributed by atoms with Crippen molar-refractivity contribution in [2.45, 2.75) is 13.5 Å². The van der Waals surface area contributed by atoms with Gasteiger partial charge in [0.15, 0.2) is 0 Å². The van der Waals surface area contributed by atoms with Crippen LogP contribution < -0.4 is 5.32 Å². The Labute approximate surface area is 89.0 Å². The van der Waals surface area contributed by atoms with Crippen molar-refractivity contribution in [2.75, 3.05) is 5.32 Å². The van der Waals surface area contributed by atoms with Crippen LogP contribution in [-0.2, 0) is 13.6 Å². The van der Waals surface area contributed by atoms with Crippen LogP contribution >= 0.6 is 0 Å². The number of hydrogen-bond acceptors (Lipinski definition) is 3. The monoisotopic (exact) mass is 202 g/mol. The van der Waals surface area contributed by atoms with Gasteiger partial charge in [0.2, 0.25) is 0 Å². The quantitative estimate of drug-likeness (QED) is 0.824. The standard InChI is InChI=1S/C11H14N4/c1-9-3-4-12-7-10(9)14-8-11-13-5-6-15(11)2/h3-7,14H,8H2,1-2H3. The van der Waals surface area contributed by atoms with Crippen molar-refractivity contribution in [2.24, 2.45) is 7.05 Å². The minimum Gasteiger partial charge on any atom is -0.376 e. The highest BCUT2D eigenvalue weighted by Gasteiger charge is 2.00. The number of anilines is 1. The first-order valence-electron chi connectivity index (χ1n) is 4.88. The average Bonchev–Trinajstić information content (AvgIpc) is 2.63. The summed E-state index contributed by atoms with van der Waals surface area (Å²) in [4.78, 5) is 8.32. The van der Waals surface area contributed by atoms with Crippen molar-refractivity contribution in [1.82, 2.24) is 14.5 Å². The maximum Gasteiger partial charge on any atom is 0.127 e. The summed E-state index contributed by atoms with van der Waals surface area (Å²) in [6, 6.07) is 1.99. The zero-order valence-corrected chi connectivity index (χ0v) is 8.94. The Bertz CT molecular complexity index is 447. The van der Waals surface area contributed by atoms with Gasteiger partial charge in [-0.2, -0.15) is 0 Å². The molecule has 15 heavy (non-hydrogen) atoms. The van der Waals surface area contributed by atoms with E-state index in [4.69, 9.17) is 0 Å². The highest BCUT2D eigenvalue weighted by atomic mass is 15.1. The van der Waals surface area contributed by atoms with E-state index in [1.807, 2.05) is 30.1 Å². The third kappa shape index (κ3) is 2.15. The number of pyridine rings is 1. The molecule has 0 unspecified atom stereocenters. The molecule has 4 nitrogen and oxygen atoms in total. The van der Waals surface area contributed by atoms with Gasteiger partial charge >= 0.3 is 0 Å². The van der Waals surface area contributed by atoms with E-state index in [0.29, 0.717) is 0 Å². The number of aryl methyl sites for hydroxylation is 2. The van der Waals surface area contributed by atoms with E-state index in [1.54, 1.807) is 12.4 Å². The summed E-state index contributed by atoms with van der Waals surface area (Å²) >= 11 is 0. The van der Waals surface area contributed by atoms with Gasteiger partial charge in [-0.1, -0.05) is 0 Å². The molecule has 0 aliphatic rings. The second-order valence-electron chi connectivity index (χ2n) is 3.50. The molecule has 0 aliphatic heterocycles. The molecule has 2 aromatic heterocycles. The molecule has 2 rings (SSSR count). The Morgan fingerprint density at radius 2 is 2.27 bits per heavy atom. The van der Waals surface area contributed by atoms with Crippen LogP contribution in [0.5, 0.6) is 0 Å². The van der Waals surface area contributed by atoms with Crippen molar-refractivity contribution in [1.29, 1.82) is 0 Å². The van der Waals surface area contributed by atoms with E-state index in [2.05, 4.69) is 22.2 Å². The number of hydrogen-bond donors (Lipinski definition) is 1. The first kappa shape index (κ1) is 9.71. The molecule has 78 valence electrons. The number of rotatable bonds is 3. The van der Waals surface area contributed by atoms with Gasteiger partial charge in [-0.25, -0.2) is 4.98 Å². The summed E-state index contributed by atoms with van der Waals surface area (Å²) in [5.74, 6) is 1.01. The number of imidazole rings is 1. The maximum absolute atomic E-state index is 4.24. The number of aromatic nitrogens is 3. The molecule has 2 heterocycles. The van der Waals surface area contributed by atoms with Crippen LogP contribution in [-0.4, -0.2) is 14.5 Å². The van der Waals surface area contributed by atoms with E-state index < -0.39 is 0 Å². The molecule has 0 spiro atoms. The SMILES string of the molecule is Cc1ccncc1NCc1nccn1C. The van der Waals surface area contributed by atoms with Crippen molar-refractivity contribution in [3.05, 3.63) is 42.2 Å². The molecule has 0 bridgehead atoms. The zero-order valence-electron chi connectivity index (χ0n) is 8.94. The molecule has 0 saturated heterocycles. The topological polar surface area (TPSA) is 42.7 Å². The zero-order chi connectivity index (χ0) is 10.7. The lowest BCUT2D eigenvalue weighted by molar-refractivity contribution is 0.812. The number of nitrogens with one attached hydrogen (secondary N) is 1. The smallest absolute Gasteiger partial charge is 0.127 e. The van der Waals surface area contributed by atoms with Gasteiger partial charge in [-0.05, 0) is 18.6 Å². The molecule has 0 fully saturated rings. The van der Waals surface area contributed by atoms with Gasteiger partial charge in [-0.15, -0.1) is 0 Å². The van der Waals surface area contributed by atoms with Gasteiger partial charge in [0.25, 0.3) is 0 Å². The van der Waals surface area contributed by atoms with Gasteiger partial charge in [-0.3, -0.25) is 4.98 Å². The Balaban J connectivity index is 2.06. The summed E-state index contributed by atoms with van der Waals surface area (Å²) in [5, 5.41) is 3.31. The molecule has 0 atom stereocenters. The Kier molecular flexibility index (Phi) is 2.67. The molecular formula is C11H14N4. The second-order valence-corrected chi connectivity index (χ2v) is 3.50. The van der Waals surface area contributed by atoms with Crippen LogP contribution in [0.4, 0.5) is 5.69 Å². The fraction of sp³-hybridized carbons (Fsp3) is 0.273. The van der Waals surface area contributed by atoms with Crippen molar-refractivity contribution < 1.29 is 0 Å². The fourth-order valence-electron chi connectivity index (χ4n) is 1.39. The van der Waals surface area contributed by atoms with E-state index in [0.717, 1.165) is 18.1 Å². The van der Waals surface area contributed by atoms with E-state index >= 15 is 0 Å². The van der Waals surface area contributed by atoms with E-state index in [1.165, 1.54) is 5.56 Å². The first-order chi connectivity index (χ1) is 7.27. The highest BCUT2D eigenvalue weighted by molar-refractivity contribution is 5.47. The Morgan fingerprint density at radius 1 is 1.40 bits per heavy atom. The normalized spacial score (nSPS) is 10.3. The average molecular weight is 202 g/mol. The van der Waals surface area contributed by atoms with Crippen molar-refractivity contribution >= 4 is 5.69 Å². The highest BCUT2D eigenvalue weighted by Crippen LogP contribution is 2.12. The lowest BCUT2D eigenvalue weighted by atomic mass is 10.2. The molecule has 2 aromatic rings. The minimum absolute atomic E-state index is 0.718. The molecule has 0 aromatic carbocycles. The van der Waals surface area contributed by atoms with Crippen LogP contribution in [0.3, 0.4) is 0 Å². The summed E-state index contributed by atoms with van der Waals surface area (Å²) in [6.07, 6.45) is 7.36. The molecule has 0 saturated carbocycles. The summed E-state index contributed by atoms with van der Waals surface area (Å²) in [5.41, 5.74) is 2.25. The van der Waals surface area contributed by atoms with E-state index in [9.17, 15) is 0 Å². The largest absolute Gasteiger partial charge is 0.376 e. The predicted molar refractivity (Wildman–Crippen MR) is 59.5 cm³/mol. The second kappa shape index (κ2) is 4.13. The third-order valence-electron chi connectivity index (χ3n) is 2.40. The lowest BCUT2D eigenvalue weighted by Crippen LogP contribution is -2.06. The fourth-order valence-corrected chi connectivity index (χ4v) is 1.39. The number of nitrogens with zero attached hydrogens (tertiary/aromatic N) is 3. The summed E-state index contributed by atoms with van der Waals surface area (Å²) in [7, 11) is 1.99. The first-order valence-corrected chi connectivity index (χ1v) is 4.88. The summed E-state index contributed by atoms with van der Waals surface area (Å²) < 4.78 is 2.00. The molecule has 0 amide bonds. The predicted octanol–water partition coefficient (Wildman–Crippen LogP) is 1.74. The van der Waals surface area contributed by atoms with Crippen LogP contribution in [0.25, 0.3) is 0 Å². The summed E-state index contributed by atoms with van der Waals surface area (Å²) in [6.45, 7) is 2.78. The molecule has 1 N–H and O–H groups in total. The van der Waals surface area contributed by atoms with E-state index in [-0.39, 0.29) is 0 Å². The van der Waals surface area contributed by atoms with Crippen LogP contribution in [0.15, 0.2) is 30.9 Å².